The van der Waals surface area contributed by atoms with Crippen LogP contribution in [0, 0.1) is 11.3 Å². The molecule has 0 fully saturated rings. The molecule has 0 aliphatic heterocycles. The summed E-state index contributed by atoms with van der Waals surface area (Å²) in [5, 5.41) is 0. The van der Waals surface area contributed by atoms with E-state index in [4.69, 9.17) is 0 Å². The predicted molar refractivity (Wildman–Crippen MR) is 55.1 cm³/mol. The maximum absolute atomic E-state index is 2.36. The van der Waals surface area contributed by atoms with E-state index >= 15 is 0 Å². The van der Waals surface area contributed by atoms with Crippen LogP contribution in [0.3, 0.4) is 0 Å². The maximum atomic E-state index is 2.36. The lowest BCUT2D eigenvalue weighted by molar-refractivity contribution is 0.461. The van der Waals surface area contributed by atoms with Gasteiger partial charge < -0.3 is 0 Å². The van der Waals surface area contributed by atoms with E-state index in [0.717, 1.165) is 0 Å². The van der Waals surface area contributed by atoms with Gasteiger partial charge in [-0.1, -0.05) is 50.5 Å². The molecule has 12 heavy (non-hydrogen) atoms. The lowest BCUT2D eigenvalue weighted by Gasteiger charge is -2.25. The quantitative estimate of drug-likeness (QED) is 0.508. The van der Waals surface area contributed by atoms with Gasteiger partial charge in [0.05, 0.1) is 0 Å². The number of hydrogen-bond donors (Lipinski definition) is 0. The van der Waals surface area contributed by atoms with E-state index in [-0.39, 0.29) is 0 Å². The van der Waals surface area contributed by atoms with Crippen LogP contribution in [0.1, 0.15) is 41.5 Å². The van der Waals surface area contributed by atoms with Crippen LogP contribution in [0.2, 0.25) is 0 Å². The van der Waals surface area contributed by atoms with E-state index in [1.54, 1.807) is 11.1 Å². The first-order valence-corrected chi connectivity index (χ1v) is 4.73. The normalized spacial score (nSPS) is 24.8. The van der Waals surface area contributed by atoms with E-state index in [9.17, 15) is 0 Å². The molecule has 0 aromatic heterocycles. The molecule has 0 aromatic carbocycles. The van der Waals surface area contributed by atoms with Crippen molar-refractivity contribution in [2.75, 3.05) is 0 Å². The number of rotatable bonds is 0. The summed E-state index contributed by atoms with van der Waals surface area (Å²) in [6.07, 6.45) is 2.36. The molecule has 1 atom stereocenters. The molecule has 0 bridgehead atoms. The van der Waals surface area contributed by atoms with Gasteiger partial charge in [-0.25, -0.2) is 0 Å². The Labute approximate surface area is 76.4 Å². The Bertz CT molecular complexity index is 246. The summed E-state index contributed by atoms with van der Waals surface area (Å²) in [7, 11) is 0. The van der Waals surface area contributed by atoms with Crippen LogP contribution < -0.4 is 0 Å². The van der Waals surface area contributed by atoms with Crippen molar-refractivity contribution in [3.8, 4) is 0 Å². The van der Waals surface area contributed by atoms with Crippen molar-refractivity contribution < 1.29 is 0 Å². The Morgan fingerprint density at radius 3 is 1.83 bits per heavy atom. The molecule has 1 aliphatic carbocycles. The fraction of sp³-hybridized carbons (Fsp3) is 0.667. The van der Waals surface area contributed by atoms with Crippen molar-refractivity contribution in [3.05, 3.63) is 22.8 Å². The lowest BCUT2D eigenvalue weighted by Crippen LogP contribution is -2.14. The SMILES string of the molecule is CC1=C(C)C(C)C(C(C)(C)C)=C1. The highest BCUT2D eigenvalue weighted by molar-refractivity contribution is 5.41. The van der Waals surface area contributed by atoms with Crippen LogP contribution >= 0.6 is 0 Å². The van der Waals surface area contributed by atoms with Crippen LogP contribution in [-0.2, 0) is 0 Å². The summed E-state index contributed by atoms with van der Waals surface area (Å²) in [4.78, 5) is 0. The van der Waals surface area contributed by atoms with Crippen LogP contribution in [-0.4, -0.2) is 0 Å². The standard InChI is InChI=1S/C12H20/c1-8-7-11(12(4,5)6)10(3)9(8)2/h7,10H,1-6H3. The van der Waals surface area contributed by atoms with Gasteiger partial charge in [-0.15, -0.1) is 0 Å². The Hall–Kier alpha value is -0.520. The summed E-state index contributed by atoms with van der Waals surface area (Å²) in [5.74, 6) is 0.657. The predicted octanol–water partition coefficient (Wildman–Crippen LogP) is 3.95. The zero-order valence-electron chi connectivity index (χ0n) is 9.15. The summed E-state index contributed by atoms with van der Waals surface area (Å²) < 4.78 is 0. The summed E-state index contributed by atoms with van der Waals surface area (Å²) in [6, 6.07) is 0. The molecular weight excluding hydrogens is 144 g/mol. The van der Waals surface area contributed by atoms with Crippen molar-refractivity contribution in [1.82, 2.24) is 0 Å². The van der Waals surface area contributed by atoms with Gasteiger partial charge in [0.25, 0.3) is 0 Å². The average Bonchev–Trinajstić information content (AvgIpc) is 2.15. The second-order valence-electron chi connectivity index (χ2n) is 4.94. The topological polar surface area (TPSA) is 0 Å². The van der Waals surface area contributed by atoms with Gasteiger partial charge in [-0.2, -0.15) is 0 Å². The summed E-state index contributed by atoms with van der Waals surface area (Å²) >= 11 is 0. The Balaban J connectivity index is 2.97. The first-order valence-electron chi connectivity index (χ1n) is 4.73. The second kappa shape index (κ2) is 2.76. The fourth-order valence-corrected chi connectivity index (χ4v) is 1.91. The Morgan fingerprint density at radius 1 is 1.17 bits per heavy atom. The third-order valence-corrected chi connectivity index (χ3v) is 2.98. The molecular formula is C12H20. The molecule has 1 aliphatic rings. The van der Waals surface area contributed by atoms with Crippen molar-refractivity contribution in [2.45, 2.75) is 41.5 Å². The van der Waals surface area contributed by atoms with Crippen molar-refractivity contribution in [1.29, 1.82) is 0 Å². The molecule has 0 nitrogen and oxygen atoms in total. The van der Waals surface area contributed by atoms with Crippen molar-refractivity contribution in [3.63, 3.8) is 0 Å². The van der Waals surface area contributed by atoms with E-state index in [1.165, 1.54) is 5.57 Å². The first-order chi connectivity index (χ1) is 5.34. The monoisotopic (exact) mass is 164 g/mol. The molecule has 0 amide bonds. The van der Waals surface area contributed by atoms with E-state index in [2.05, 4.69) is 47.6 Å². The molecule has 0 heterocycles. The smallest absolute Gasteiger partial charge is 0.00100 e. The van der Waals surface area contributed by atoms with E-state index in [0.29, 0.717) is 11.3 Å². The number of allylic oxidation sites excluding steroid dienone is 4. The van der Waals surface area contributed by atoms with Crippen molar-refractivity contribution in [2.24, 2.45) is 11.3 Å². The van der Waals surface area contributed by atoms with Gasteiger partial charge in [-0.3, -0.25) is 0 Å². The lowest BCUT2D eigenvalue weighted by atomic mass is 9.80. The largest absolute Gasteiger partial charge is 0.0635 e. The van der Waals surface area contributed by atoms with Crippen LogP contribution in [0.25, 0.3) is 0 Å². The van der Waals surface area contributed by atoms with Gasteiger partial charge in [0.2, 0.25) is 0 Å². The highest BCUT2D eigenvalue weighted by atomic mass is 14.3. The van der Waals surface area contributed by atoms with Gasteiger partial charge >= 0.3 is 0 Å². The molecule has 0 radical (unpaired) electrons. The van der Waals surface area contributed by atoms with E-state index < -0.39 is 0 Å². The first kappa shape index (κ1) is 9.57. The highest BCUT2D eigenvalue weighted by Crippen LogP contribution is 2.40. The molecule has 1 rings (SSSR count). The van der Waals surface area contributed by atoms with Gasteiger partial charge in [-0.05, 0) is 25.2 Å². The zero-order valence-corrected chi connectivity index (χ0v) is 9.15. The third-order valence-electron chi connectivity index (χ3n) is 2.98. The maximum Gasteiger partial charge on any atom is -0.00100 e. The highest BCUT2D eigenvalue weighted by Gasteiger charge is 2.27. The Morgan fingerprint density at radius 2 is 1.67 bits per heavy atom. The molecule has 1 unspecified atom stereocenters. The van der Waals surface area contributed by atoms with Gasteiger partial charge in [0, 0.05) is 0 Å². The average molecular weight is 164 g/mol. The van der Waals surface area contributed by atoms with Crippen molar-refractivity contribution >= 4 is 0 Å². The minimum atomic E-state index is 0.332. The molecule has 0 N–H and O–H groups in total. The molecule has 0 heteroatoms. The fourth-order valence-electron chi connectivity index (χ4n) is 1.91. The van der Waals surface area contributed by atoms with E-state index in [1.807, 2.05) is 0 Å². The molecule has 0 saturated heterocycles. The summed E-state index contributed by atoms with van der Waals surface area (Å²) in [6.45, 7) is 13.6. The van der Waals surface area contributed by atoms with Crippen LogP contribution in [0.4, 0.5) is 0 Å². The Kier molecular flexibility index (Phi) is 2.20. The van der Waals surface area contributed by atoms with Gasteiger partial charge in [0.1, 0.15) is 0 Å². The number of hydrogen-bond acceptors (Lipinski definition) is 0. The molecule has 0 saturated carbocycles. The van der Waals surface area contributed by atoms with Crippen LogP contribution in [0.5, 0.6) is 0 Å². The molecule has 68 valence electrons. The molecule has 0 aromatic rings. The van der Waals surface area contributed by atoms with Gasteiger partial charge in [0.15, 0.2) is 0 Å². The molecule has 0 spiro atoms. The zero-order chi connectivity index (χ0) is 9.52. The second-order valence-corrected chi connectivity index (χ2v) is 4.94. The van der Waals surface area contributed by atoms with Crippen LogP contribution in [0.15, 0.2) is 22.8 Å². The summed E-state index contributed by atoms with van der Waals surface area (Å²) in [5.41, 5.74) is 4.92. The minimum Gasteiger partial charge on any atom is -0.0635 e. The minimum absolute atomic E-state index is 0.332. The third kappa shape index (κ3) is 1.48.